The molecule has 2 fully saturated rings. The summed E-state index contributed by atoms with van der Waals surface area (Å²) in [6.45, 7) is 1.31. The average molecular weight is 202 g/mol. The van der Waals surface area contributed by atoms with Gasteiger partial charge in [-0.1, -0.05) is 0 Å². The van der Waals surface area contributed by atoms with Crippen molar-refractivity contribution in [3.05, 3.63) is 0 Å². The van der Waals surface area contributed by atoms with E-state index in [1.54, 1.807) is 0 Å². The Kier molecular flexibility index (Phi) is 1.66. The molecule has 0 radical (unpaired) electrons. The number of rotatable bonds is 2. The monoisotopic (exact) mass is 202 g/mol. The van der Waals surface area contributed by atoms with Crippen LogP contribution in [0.15, 0.2) is 0 Å². The first-order valence-electron chi connectivity index (χ1n) is 4.51. The van der Waals surface area contributed by atoms with Crippen molar-refractivity contribution in [3.8, 4) is 0 Å². The van der Waals surface area contributed by atoms with E-state index < -0.39 is 35.4 Å². The van der Waals surface area contributed by atoms with Gasteiger partial charge in [-0.15, -0.1) is 0 Å². The van der Waals surface area contributed by atoms with Crippen LogP contribution in [0, 0.1) is 23.2 Å². The van der Waals surface area contributed by atoms with Crippen LogP contribution in [-0.4, -0.2) is 28.3 Å². The Labute approximate surface area is 79.7 Å². The van der Waals surface area contributed by atoms with Crippen LogP contribution in [0.1, 0.15) is 13.3 Å². The summed E-state index contributed by atoms with van der Waals surface area (Å²) in [5, 5.41) is 17.7. The van der Waals surface area contributed by atoms with Gasteiger partial charge >= 0.3 is 11.9 Å². The van der Waals surface area contributed by atoms with Crippen LogP contribution >= 0.6 is 0 Å². The number of aliphatic carboxylic acids is 2. The maximum Gasteiger partial charge on any atom is 0.312 e. The highest BCUT2D eigenvalue weighted by molar-refractivity contribution is 5.82. The minimum absolute atomic E-state index is 0.0738. The molecule has 0 aromatic carbocycles. The average Bonchev–Trinajstić information content (AvgIpc) is 2.70. The standard InChI is InChI=1S/C9H11FO4/c1-9(8(13)14)4(10)2-3-5(6(3)9)7(11)12/h3-6H,2H2,1H3,(H,11,12)(H,13,14)/t3-,4-,5-,6-,9+/m0/s1. The van der Waals surface area contributed by atoms with Crippen molar-refractivity contribution in [2.75, 3.05) is 0 Å². The van der Waals surface area contributed by atoms with E-state index >= 15 is 0 Å². The van der Waals surface area contributed by atoms with E-state index in [1.165, 1.54) is 6.92 Å². The molecule has 2 aliphatic carbocycles. The van der Waals surface area contributed by atoms with Crippen LogP contribution in [0.5, 0.6) is 0 Å². The van der Waals surface area contributed by atoms with Crippen molar-refractivity contribution in [2.45, 2.75) is 19.5 Å². The lowest BCUT2D eigenvalue weighted by atomic mass is 9.81. The number of carboxylic acid groups (broad SMARTS) is 2. The summed E-state index contributed by atoms with van der Waals surface area (Å²) in [6.07, 6.45) is -1.34. The van der Waals surface area contributed by atoms with Crippen molar-refractivity contribution in [3.63, 3.8) is 0 Å². The third kappa shape index (κ3) is 0.871. The predicted molar refractivity (Wildman–Crippen MR) is 43.4 cm³/mol. The number of alkyl halides is 1. The summed E-state index contributed by atoms with van der Waals surface area (Å²) in [4.78, 5) is 21.6. The van der Waals surface area contributed by atoms with Crippen molar-refractivity contribution in [2.24, 2.45) is 23.2 Å². The van der Waals surface area contributed by atoms with Crippen LogP contribution < -0.4 is 0 Å². The lowest BCUT2D eigenvalue weighted by Gasteiger charge is -2.24. The van der Waals surface area contributed by atoms with Crippen LogP contribution in [0.2, 0.25) is 0 Å². The molecule has 5 atom stereocenters. The molecule has 78 valence electrons. The number of halogens is 1. The van der Waals surface area contributed by atoms with E-state index in [0.717, 1.165) is 0 Å². The van der Waals surface area contributed by atoms with Crippen molar-refractivity contribution in [1.82, 2.24) is 0 Å². The molecule has 14 heavy (non-hydrogen) atoms. The topological polar surface area (TPSA) is 74.6 Å². The molecular formula is C9H11FO4. The maximum absolute atomic E-state index is 13.4. The fourth-order valence-corrected chi connectivity index (χ4v) is 2.79. The highest BCUT2D eigenvalue weighted by Gasteiger charge is 2.73. The van der Waals surface area contributed by atoms with E-state index in [0.29, 0.717) is 0 Å². The second-order valence-corrected chi connectivity index (χ2v) is 4.34. The lowest BCUT2D eigenvalue weighted by molar-refractivity contribution is -0.153. The van der Waals surface area contributed by atoms with Gasteiger partial charge in [0.15, 0.2) is 0 Å². The maximum atomic E-state index is 13.4. The van der Waals surface area contributed by atoms with Gasteiger partial charge in [0, 0.05) is 0 Å². The molecule has 0 aliphatic heterocycles. The minimum Gasteiger partial charge on any atom is -0.481 e. The van der Waals surface area contributed by atoms with Gasteiger partial charge < -0.3 is 10.2 Å². The molecule has 0 bridgehead atoms. The molecular weight excluding hydrogens is 191 g/mol. The van der Waals surface area contributed by atoms with Gasteiger partial charge in [-0.2, -0.15) is 0 Å². The Balaban J connectivity index is 2.26. The number of carboxylic acids is 2. The summed E-state index contributed by atoms with van der Waals surface area (Å²) < 4.78 is 13.4. The Morgan fingerprint density at radius 2 is 2.00 bits per heavy atom. The molecule has 2 rings (SSSR count). The Morgan fingerprint density at radius 1 is 1.43 bits per heavy atom. The van der Waals surface area contributed by atoms with Crippen LogP contribution in [0.3, 0.4) is 0 Å². The highest BCUT2D eigenvalue weighted by atomic mass is 19.1. The fourth-order valence-electron chi connectivity index (χ4n) is 2.79. The number of hydrogen-bond donors (Lipinski definition) is 2. The Bertz CT molecular complexity index is 316. The first-order valence-corrected chi connectivity index (χ1v) is 4.51. The molecule has 0 aromatic heterocycles. The summed E-state index contributed by atoms with van der Waals surface area (Å²) in [5.41, 5.74) is -1.49. The second kappa shape index (κ2) is 2.46. The third-order valence-corrected chi connectivity index (χ3v) is 3.74. The second-order valence-electron chi connectivity index (χ2n) is 4.34. The zero-order valence-corrected chi connectivity index (χ0v) is 7.61. The number of fused-ring (bicyclic) bond motifs is 1. The van der Waals surface area contributed by atoms with Gasteiger partial charge in [-0.05, 0) is 25.2 Å². The molecule has 5 heteroatoms. The molecule has 2 saturated carbocycles. The van der Waals surface area contributed by atoms with E-state index in [4.69, 9.17) is 10.2 Å². The normalized spacial score (nSPS) is 49.9. The van der Waals surface area contributed by atoms with E-state index in [2.05, 4.69) is 0 Å². The Morgan fingerprint density at radius 3 is 2.43 bits per heavy atom. The molecule has 2 aliphatic rings. The summed E-state index contributed by atoms with van der Waals surface area (Å²) >= 11 is 0. The lowest BCUT2D eigenvalue weighted by Crippen LogP contribution is -2.38. The zero-order chi connectivity index (χ0) is 10.7. The number of carbonyl (C=O) groups is 2. The SMILES string of the molecule is C[C@]1(C(=O)O)[C@H]2[C@@H](C[C@@H]1F)[C@@H]2C(=O)O. The van der Waals surface area contributed by atoms with Crippen LogP contribution in [-0.2, 0) is 9.59 Å². The minimum atomic E-state index is -1.49. The molecule has 0 aromatic rings. The third-order valence-electron chi connectivity index (χ3n) is 3.74. The van der Waals surface area contributed by atoms with Gasteiger partial charge in [0.05, 0.1) is 11.3 Å². The fraction of sp³-hybridized carbons (Fsp3) is 0.778. The molecule has 0 heterocycles. The molecule has 0 spiro atoms. The zero-order valence-electron chi connectivity index (χ0n) is 7.61. The van der Waals surface area contributed by atoms with Crippen molar-refractivity contribution >= 4 is 11.9 Å². The quantitative estimate of drug-likeness (QED) is 0.693. The van der Waals surface area contributed by atoms with E-state index in [-0.39, 0.29) is 12.3 Å². The predicted octanol–water partition coefficient (Wildman–Crippen LogP) is 0.766. The molecule has 0 saturated heterocycles. The van der Waals surface area contributed by atoms with Gasteiger partial charge in [-0.3, -0.25) is 9.59 Å². The molecule has 0 unspecified atom stereocenters. The summed E-state index contributed by atoms with van der Waals surface area (Å²) in [6, 6.07) is 0. The van der Waals surface area contributed by atoms with Crippen LogP contribution in [0.25, 0.3) is 0 Å². The Hall–Kier alpha value is -1.13. The van der Waals surface area contributed by atoms with Gasteiger partial charge in [0.1, 0.15) is 6.17 Å². The molecule has 2 N–H and O–H groups in total. The molecule has 4 nitrogen and oxygen atoms in total. The smallest absolute Gasteiger partial charge is 0.312 e. The van der Waals surface area contributed by atoms with Crippen molar-refractivity contribution < 1.29 is 24.2 Å². The van der Waals surface area contributed by atoms with E-state index in [9.17, 15) is 14.0 Å². The van der Waals surface area contributed by atoms with Crippen LogP contribution in [0.4, 0.5) is 4.39 Å². The highest BCUT2D eigenvalue weighted by Crippen LogP contribution is 2.67. The van der Waals surface area contributed by atoms with Gasteiger partial charge in [0.2, 0.25) is 0 Å². The number of hydrogen-bond acceptors (Lipinski definition) is 2. The van der Waals surface area contributed by atoms with Gasteiger partial charge in [-0.25, -0.2) is 4.39 Å². The first-order chi connectivity index (χ1) is 6.40. The van der Waals surface area contributed by atoms with Gasteiger partial charge in [0.25, 0.3) is 0 Å². The largest absolute Gasteiger partial charge is 0.481 e. The summed E-state index contributed by atoms with van der Waals surface area (Å²) in [7, 11) is 0. The van der Waals surface area contributed by atoms with E-state index in [1.807, 2.05) is 0 Å². The first kappa shape index (κ1) is 9.43. The molecule has 0 amide bonds. The summed E-state index contributed by atoms with van der Waals surface area (Å²) in [5.74, 6) is -3.67. The van der Waals surface area contributed by atoms with Crippen molar-refractivity contribution in [1.29, 1.82) is 0 Å².